The molecule has 2 fully saturated rings. The van der Waals surface area contributed by atoms with Crippen molar-refractivity contribution in [1.29, 1.82) is 0 Å². The number of rotatable bonds is 2. The molecule has 1 amide bonds. The zero-order valence-electron chi connectivity index (χ0n) is 17.6. The van der Waals surface area contributed by atoms with Gasteiger partial charge in [-0.2, -0.15) is 0 Å². The van der Waals surface area contributed by atoms with E-state index in [1.807, 2.05) is 30.9 Å². The van der Waals surface area contributed by atoms with Gasteiger partial charge in [0.05, 0.1) is 11.2 Å². The van der Waals surface area contributed by atoms with Crippen molar-refractivity contribution in [3.8, 4) is 0 Å². The average Bonchev–Trinajstić information content (AvgIpc) is 3.24. The highest BCUT2D eigenvalue weighted by atomic mass is 16.5. The number of carbonyl (C=O) groups is 1. The minimum absolute atomic E-state index is 0.0420. The summed E-state index contributed by atoms with van der Waals surface area (Å²) in [6.45, 7) is 6.15. The summed E-state index contributed by atoms with van der Waals surface area (Å²) in [7, 11) is 0. The van der Waals surface area contributed by atoms with Crippen LogP contribution in [-0.4, -0.2) is 51.1 Å². The predicted molar refractivity (Wildman–Crippen MR) is 115 cm³/mol. The highest BCUT2D eigenvalue weighted by Gasteiger charge is 2.43. The number of hydrogen-bond donors (Lipinski definition) is 0. The maximum Gasteiger partial charge on any atom is 0.259 e. The molecule has 7 heteroatoms. The molecule has 156 valence electrons. The fourth-order valence-corrected chi connectivity index (χ4v) is 5.32. The fourth-order valence-electron chi connectivity index (χ4n) is 5.32. The molecule has 1 spiro atoms. The SMILES string of the molecule is Cc1noc(C)c1C(=O)N1CCC[C@@]2(CCCN2c2ncnc3ccccc23)CC1. The first-order valence-electron chi connectivity index (χ1n) is 10.8. The molecule has 0 unspecified atom stereocenters. The van der Waals surface area contributed by atoms with Crippen LogP contribution in [-0.2, 0) is 0 Å². The number of nitrogens with zero attached hydrogens (tertiary/aromatic N) is 5. The largest absolute Gasteiger partial charge is 0.361 e. The third-order valence-electron chi connectivity index (χ3n) is 6.83. The van der Waals surface area contributed by atoms with Crippen molar-refractivity contribution in [3.63, 3.8) is 0 Å². The van der Waals surface area contributed by atoms with Gasteiger partial charge in [-0.15, -0.1) is 0 Å². The number of amides is 1. The number of para-hydroxylation sites is 1. The average molecular weight is 406 g/mol. The Hall–Kier alpha value is -2.96. The Morgan fingerprint density at radius 2 is 1.83 bits per heavy atom. The lowest BCUT2D eigenvalue weighted by atomic mass is 9.87. The van der Waals surface area contributed by atoms with Crippen LogP contribution >= 0.6 is 0 Å². The van der Waals surface area contributed by atoms with E-state index < -0.39 is 0 Å². The molecule has 2 aliphatic rings. The van der Waals surface area contributed by atoms with E-state index in [9.17, 15) is 4.79 Å². The van der Waals surface area contributed by atoms with Gasteiger partial charge in [0.2, 0.25) is 0 Å². The molecule has 0 aliphatic carbocycles. The molecule has 2 saturated heterocycles. The zero-order chi connectivity index (χ0) is 20.7. The third kappa shape index (κ3) is 3.04. The Balaban J connectivity index is 1.43. The van der Waals surface area contributed by atoms with Crippen LogP contribution in [0.15, 0.2) is 35.1 Å². The number of benzene rings is 1. The number of hydrogen-bond acceptors (Lipinski definition) is 6. The molecule has 0 bridgehead atoms. The predicted octanol–water partition coefficient (Wildman–Crippen LogP) is 3.90. The number of anilines is 1. The van der Waals surface area contributed by atoms with Crippen LogP contribution in [0.3, 0.4) is 0 Å². The molecule has 7 nitrogen and oxygen atoms in total. The smallest absolute Gasteiger partial charge is 0.259 e. The van der Waals surface area contributed by atoms with E-state index in [0.29, 0.717) is 17.0 Å². The molecule has 4 heterocycles. The van der Waals surface area contributed by atoms with Crippen LogP contribution in [0.4, 0.5) is 5.82 Å². The Bertz CT molecular complexity index is 1070. The second-order valence-electron chi connectivity index (χ2n) is 8.54. The molecule has 3 aromatic rings. The van der Waals surface area contributed by atoms with Crippen molar-refractivity contribution in [2.24, 2.45) is 0 Å². The first kappa shape index (κ1) is 19.0. The Labute approximate surface area is 176 Å². The van der Waals surface area contributed by atoms with Gasteiger partial charge in [-0.25, -0.2) is 9.97 Å². The first-order chi connectivity index (χ1) is 14.6. The quantitative estimate of drug-likeness (QED) is 0.644. The topological polar surface area (TPSA) is 75.4 Å². The van der Waals surface area contributed by atoms with Gasteiger partial charge in [0.1, 0.15) is 23.5 Å². The monoisotopic (exact) mass is 405 g/mol. The highest BCUT2D eigenvalue weighted by Crippen LogP contribution is 2.42. The van der Waals surface area contributed by atoms with Gasteiger partial charge in [0.15, 0.2) is 0 Å². The van der Waals surface area contributed by atoms with Crippen molar-refractivity contribution < 1.29 is 9.32 Å². The van der Waals surface area contributed by atoms with Gasteiger partial charge >= 0.3 is 0 Å². The van der Waals surface area contributed by atoms with Gasteiger partial charge < -0.3 is 14.3 Å². The second-order valence-corrected chi connectivity index (χ2v) is 8.54. The molecule has 5 rings (SSSR count). The standard InChI is InChI=1S/C23H27N5O2/c1-16-20(17(2)30-26-16)22(29)27-12-5-9-23(11-14-27)10-6-13-28(23)21-18-7-3-4-8-19(18)24-15-25-21/h3-4,7-8,15H,5-6,9-14H2,1-2H3/t23-/m1/s1. The summed E-state index contributed by atoms with van der Waals surface area (Å²) in [5.74, 6) is 1.68. The van der Waals surface area contributed by atoms with Crippen LogP contribution in [0.25, 0.3) is 10.9 Å². The minimum atomic E-state index is 0.0420. The number of aromatic nitrogens is 3. The van der Waals surface area contributed by atoms with E-state index in [2.05, 4.69) is 27.2 Å². The van der Waals surface area contributed by atoms with Crippen LogP contribution in [0.2, 0.25) is 0 Å². The number of carbonyl (C=O) groups excluding carboxylic acids is 1. The Morgan fingerprint density at radius 3 is 2.63 bits per heavy atom. The normalized spacial score (nSPS) is 22.1. The van der Waals surface area contributed by atoms with E-state index in [1.54, 1.807) is 6.33 Å². The van der Waals surface area contributed by atoms with Gasteiger partial charge in [-0.05, 0) is 58.1 Å². The molecule has 0 saturated carbocycles. The van der Waals surface area contributed by atoms with E-state index in [4.69, 9.17) is 9.51 Å². The molecular weight excluding hydrogens is 378 g/mol. The summed E-state index contributed by atoms with van der Waals surface area (Å²) in [4.78, 5) is 26.8. The van der Waals surface area contributed by atoms with Crippen LogP contribution in [0, 0.1) is 13.8 Å². The summed E-state index contributed by atoms with van der Waals surface area (Å²) in [5, 5.41) is 5.07. The van der Waals surface area contributed by atoms with E-state index in [1.165, 1.54) is 0 Å². The number of aryl methyl sites for hydroxylation is 2. The van der Waals surface area contributed by atoms with Crippen LogP contribution in [0.5, 0.6) is 0 Å². The molecule has 0 radical (unpaired) electrons. The summed E-state index contributed by atoms with van der Waals surface area (Å²) in [5.41, 5.74) is 2.32. The van der Waals surface area contributed by atoms with Crippen molar-refractivity contribution in [1.82, 2.24) is 20.0 Å². The van der Waals surface area contributed by atoms with Crippen LogP contribution in [0.1, 0.15) is 53.9 Å². The number of fused-ring (bicyclic) bond motifs is 1. The zero-order valence-corrected chi connectivity index (χ0v) is 17.6. The Morgan fingerprint density at radius 1 is 1.03 bits per heavy atom. The van der Waals surface area contributed by atoms with Crippen molar-refractivity contribution in [2.75, 3.05) is 24.5 Å². The lowest BCUT2D eigenvalue weighted by Gasteiger charge is -2.39. The minimum Gasteiger partial charge on any atom is -0.361 e. The highest BCUT2D eigenvalue weighted by molar-refractivity contribution is 5.96. The maximum atomic E-state index is 13.2. The summed E-state index contributed by atoms with van der Waals surface area (Å²) < 4.78 is 5.23. The van der Waals surface area contributed by atoms with Crippen molar-refractivity contribution in [3.05, 3.63) is 47.6 Å². The van der Waals surface area contributed by atoms with Gasteiger partial charge in [0.25, 0.3) is 5.91 Å². The van der Waals surface area contributed by atoms with Crippen molar-refractivity contribution in [2.45, 2.75) is 51.5 Å². The first-order valence-corrected chi connectivity index (χ1v) is 10.8. The van der Waals surface area contributed by atoms with Crippen LogP contribution < -0.4 is 4.90 Å². The van der Waals surface area contributed by atoms with E-state index in [0.717, 1.165) is 68.5 Å². The fraction of sp³-hybridized carbons (Fsp3) is 0.478. The summed E-state index contributed by atoms with van der Waals surface area (Å²) in [6.07, 6.45) is 6.95. The third-order valence-corrected chi connectivity index (χ3v) is 6.83. The second kappa shape index (κ2) is 7.38. The molecule has 0 N–H and O–H groups in total. The summed E-state index contributed by atoms with van der Waals surface area (Å²) in [6, 6.07) is 8.22. The van der Waals surface area contributed by atoms with E-state index in [-0.39, 0.29) is 11.4 Å². The molecule has 30 heavy (non-hydrogen) atoms. The summed E-state index contributed by atoms with van der Waals surface area (Å²) >= 11 is 0. The van der Waals surface area contributed by atoms with E-state index >= 15 is 0 Å². The molecule has 1 aromatic carbocycles. The Kier molecular flexibility index (Phi) is 4.68. The maximum absolute atomic E-state index is 13.2. The van der Waals surface area contributed by atoms with Gasteiger partial charge in [-0.3, -0.25) is 4.79 Å². The molecule has 1 atom stereocenters. The van der Waals surface area contributed by atoms with Crippen molar-refractivity contribution >= 4 is 22.6 Å². The van der Waals surface area contributed by atoms with Gasteiger partial charge in [-0.1, -0.05) is 17.3 Å². The molecule has 2 aromatic heterocycles. The number of likely N-dealkylation sites (tertiary alicyclic amines) is 1. The molecular formula is C23H27N5O2. The molecule has 2 aliphatic heterocycles. The van der Waals surface area contributed by atoms with Gasteiger partial charge in [0, 0.05) is 30.6 Å². The lowest BCUT2D eigenvalue weighted by molar-refractivity contribution is 0.0757. The lowest BCUT2D eigenvalue weighted by Crippen LogP contribution is -2.45.